The molecule has 1 atom stereocenters. The summed E-state index contributed by atoms with van der Waals surface area (Å²) in [5, 5.41) is 4.40. The number of piperidine rings is 1. The van der Waals surface area contributed by atoms with Crippen LogP contribution < -0.4 is 0 Å². The molecular weight excluding hydrogens is 310 g/mol. The van der Waals surface area contributed by atoms with Gasteiger partial charge >= 0.3 is 0 Å². The topological polar surface area (TPSA) is 55.2 Å². The molecule has 6 heteroatoms. The second-order valence-electron chi connectivity index (χ2n) is 6.22. The molecular formula is C17H23N3O2S. The molecule has 1 aromatic heterocycles. The zero-order chi connectivity index (χ0) is 16.4. The maximum absolute atomic E-state index is 13.0. The van der Waals surface area contributed by atoms with Gasteiger partial charge in [0.05, 0.1) is 12.2 Å². The Balaban J connectivity index is 1.88. The quantitative estimate of drug-likeness (QED) is 0.864. The second-order valence-corrected chi connectivity index (χ2v) is 8.08. The molecule has 1 unspecified atom stereocenters. The Labute approximate surface area is 138 Å². The molecule has 2 heterocycles. The minimum Gasteiger partial charge on any atom is -0.267 e. The van der Waals surface area contributed by atoms with Gasteiger partial charge in [0.2, 0.25) is 10.0 Å². The summed E-state index contributed by atoms with van der Waals surface area (Å²) in [5.41, 5.74) is 1.67. The standard InChI is InChI=1S/C17H23N3O2S/c1-14-8-6-7-11-20(14)23(21,22)17-13-19(18-15(17)2)12-16-9-4-3-5-10-16/h3-5,9-10,13-14H,6-8,11-12H2,1-2H3. The number of hydrogen-bond donors (Lipinski definition) is 0. The first-order valence-electron chi connectivity index (χ1n) is 8.08. The van der Waals surface area contributed by atoms with Gasteiger partial charge in [-0.1, -0.05) is 36.8 Å². The van der Waals surface area contributed by atoms with Crippen LogP contribution in [-0.2, 0) is 16.6 Å². The summed E-state index contributed by atoms with van der Waals surface area (Å²) in [5.74, 6) is 0. The van der Waals surface area contributed by atoms with Crippen LogP contribution in [0.3, 0.4) is 0 Å². The van der Waals surface area contributed by atoms with Gasteiger partial charge in [-0.25, -0.2) is 8.42 Å². The number of benzene rings is 1. The summed E-state index contributed by atoms with van der Waals surface area (Å²) in [6.07, 6.45) is 4.62. The SMILES string of the molecule is Cc1nn(Cc2ccccc2)cc1S(=O)(=O)N1CCCCC1C. The summed E-state index contributed by atoms with van der Waals surface area (Å²) >= 11 is 0. The van der Waals surface area contributed by atoms with Crippen LogP contribution in [0.4, 0.5) is 0 Å². The van der Waals surface area contributed by atoms with Crippen LogP contribution in [0.25, 0.3) is 0 Å². The number of aromatic nitrogens is 2. The van der Waals surface area contributed by atoms with Crippen molar-refractivity contribution in [3.63, 3.8) is 0 Å². The molecule has 0 spiro atoms. The van der Waals surface area contributed by atoms with Gasteiger partial charge in [0, 0.05) is 18.8 Å². The number of sulfonamides is 1. The highest BCUT2D eigenvalue weighted by atomic mass is 32.2. The summed E-state index contributed by atoms with van der Waals surface area (Å²) in [6.45, 7) is 4.93. The van der Waals surface area contributed by atoms with E-state index < -0.39 is 10.0 Å². The highest BCUT2D eigenvalue weighted by Crippen LogP contribution is 2.26. The van der Waals surface area contributed by atoms with E-state index in [9.17, 15) is 8.42 Å². The van der Waals surface area contributed by atoms with Gasteiger partial charge in [-0.05, 0) is 32.3 Å². The van der Waals surface area contributed by atoms with Gasteiger partial charge in [0.25, 0.3) is 0 Å². The molecule has 1 aliphatic rings. The normalized spacial score (nSPS) is 19.8. The predicted molar refractivity (Wildman–Crippen MR) is 89.7 cm³/mol. The molecule has 23 heavy (non-hydrogen) atoms. The van der Waals surface area contributed by atoms with E-state index in [-0.39, 0.29) is 6.04 Å². The van der Waals surface area contributed by atoms with Gasteiger partial charge in [0.1, 0.15) is 4.90 Å². The van der Waals surface area contributed by atoms with Gasteiger partial charge < -0.3 is 0 Å². The van der Waals surface area contributed by atoms with Crippen molar-refractivity contribution in [2.24, 2.45) is 0 Å². The molecule has 2 aromatic rings. The van der Waals surface area contributed by atoms with Crippen molar-refractivity contribution < 1.29 is 8.42 Å². The maximum Gasteiger partial charge on any atom is 0.246 e. The monoisotopic (exact) mass is 333 g/mol. The summed E-state index contributed by atoms with van der Waals surface area (Å²) in [6, 6.07) is 9.99. The van der Waals surface area contributed by atoms with Crippen molar-refractivity contribution in [2.75, 3.05) is 6.54 Å². The zero-order valence-corrected chi connectivity index (χ0v) is 14.5. The van der Waals surface area contributed by atoms with E-state index in [0.29, 0.717) is 23.7 Å². The van der Waals surface area contributed by atoms with Gasteiger partial charge in [-0.3, -0.25) is 4.68 Å². The third-order valence-electron chi connectivity index (χ3n) is 4.42. The molecule has 3 rings (SSSR count). The Morgan fingerprint density at radius 1 is 1.22 bits per heavy atom. The van der Waals surface area contributed by atoms with E-state index >= 15 is 0 Å². The lowest BCUT2D eigenvalue weighted by molar-refractivity contribution is 0.268. The highest BCUT2D eigenvalue weighted by Gasteiger charge is 2.33. The summed E-state index contributed by atoms with van der Waals surface area (Å²) in [4.78, 5) is 0.335. The average molecular weight is 333 g/mol. The third-order valence-corrected chi connectivity index (χ3v) is 6.53. The number of hydrogen-bond acceptors (Lipinski definition) is 3. The summed E-state index contributed by atoms with van der Waals surface area (Å²) in [7, 11) is -3.46. The smallest absolute Gasteiger partial charge is 0.246 e. The third kappa shape index (κ3) is 3.33. The highest BCUT2D eigenvalue weighted by molar-refractivity contribution is 7.89. The van der Waals surface area contributed by atoms with Crippen LogP contribution in [-0.4, -0.2) is 35.1 Å². The predicted octanol–water partition coefficient (Wildman–Crippen LogP) is 2.80. The first-order chi connectivity index (χ1) is 11.0. The van der Waals surface area contributed by atoms with Crippen LogP contribution in [0.1, 0.15) is 37.4 Å². The Morgan fingerprint density at radius 3 is 2.65 bits per heavy atom. The van der Waals surface area contributed by atoms with E-state index in [1.807, 2.05) is 37.3 Å². The summed E-state index contributed by atoms with van der Waals surface area (Å²) < 4.78 is 29.3. The number of aryl methyl sites for hydroxylation is 1. The van der Waals surface area contributed by atoms with Crippen molar-refractivity contribution in [3.05, 3.63) is 47.8 Å². The minimum absolute atomic E-state index is 0.0608. The fourth-order valence-electron chi connectivity index (χ4n) is 3.16. The van der Waals surface area contributed by atoms with Gasteiger partial charge in [0.15, 0.2) is 0 Å². The molecule has 1 fully saturated rings. The van der Waals surface area contributed by atoms with Crippen molar-refractivity contribution in [3.8, 4) is 0 Å². The lowest BCUT2D eigenvalue weighted by Gasteiger charge is -2.32. The second kappa shape index (κ2) is 6.45. The Morgan fingerprint density at radius 2 is 1.96 bits per heavy atom. The molecule has 0 radical (unpaired) electrons. The van der Waals surface area contributed by atoms with Crippen molar-refractivity contribution >= 4 is 10.0 Å². The van der Waals surface area contributed by atoms with Crippen molar-refractivity contribution in [1.29, 1.82) is 0 Å². The van der Waals surface area contributed by atoms with Crippen LogP contribution in [0, 0.1) is 6.92 Å². The van der Waals surface area contributed by atoms with Crippen LogP contribution >= 0.6 is 0 Å². The van der Waals surface area contributed by atoms with Gasteiger partial charge in [-0.2, -0.15) is 9.40 Å². The molecule has 1 aromatic carbocycles. The zero-order valence-electron chi connectivity index (χ0n) is 13.6. The molecule has 0 aliphatic carbocycles. The number of rotatable bonds is 4. The van der Waals surface area contributed by atoms with E-state index in [2.05, 4.69) is 5.10 Å². The fourth-order valence-corrected chi connectivity index (χ4v) is 5.03. The van der Waals surface area contributed by atoms with Crippen LogP contribution in [0.5, 0.6) is 0 Å². The van der Waals surface area contributed by atoms with E-state index in [0.717, 1.165) is 24.8 Å². The lowest BCUT2D eigenvalue weighted by Crippen LogP contribution is -2.42. The van der Waals surface area contributed by atoms with E-state index in [1.54, 1.807) is 22.1 Å². The molecule has 124 valence electrons. The largest absolute Gasteiger partial charge is 0.267 e. The van der Waals surface area contributed by atoms with Crippen LogP contribution in [0.2, 0.25) is 0 Å². The van der Waals surface area contributed by atoms with Crippen molar-refractivity contribution in [1.82, 2.24) is 14.1 Å². The Hall–Kier alpha value is -1.66. The molecule has 0 amide bonds. The lowest BCUT2D eigenvalue weighted by atomic mass is 10.1. The molecule has 0 saturated carbocycles. The Kier molecular flexibility index (Phi) is 4.55. The van der Waals surface area contributed by atoms with Crippen molar-refractivity contribution in [2.45, 2.75) is 50.6 Å². The van der Waals surface area contributed by atoms with E-state index in [4.69, 9.17) is 0 Å². The Bertz CT molecular complexity index is 768. The first-order valence-corrected chi connectivity index (χ1v) is 9.52. The molecule has 5 nitrogen and oxygen atoms in total. The van der Waals surface area contributed by atoms with E-state index in [1.165, 1.54) is 0 Å². The fraction of sp³-hybridized carbons (Fsp3) is 0.471. The van der Waals surface area contributed by atoms with Gasteiger partial charge in [-0.15, -0.1) is 0 Å². The first kappa shape index (κ1) is 16.2. The molecule has 1 saturated heterocycles. The molecule has 1 aliphatic heterocycles. The molecule has 0 N–H and O–H groups in total. The molecule has 0 bridgehead atoms. The minimum atomic E-state index is -3.46. The average Bonchev–Trinajstić information content (AvgIpc) is 2.90. The van der Waals surface area contributed by atoms with Crippen LogP contribution in [0.15, 0.2) is 41.4 Å². The maximum atomic E-state index is 13.0. The number of nitrogens with zero attached hydrogens (tertiary/aromatic N) is 3.